The second kappa shape index (κ2) is 11.6. The number of methoxy groups -OCH3 is 1. The van der Waals surface area contributed by atoms with Gasteiger partial charge >= 0.3 is 0 Å². The maximum atomic E-state index is 14.5. The molecule has 2 aromatic heterocycles. The first kappa shape index (κ1) is 28.5. The van der Waals surface area contributed by atoms with Crippen LogP contribution in [0.3, 0.4) is 0 Å². The number of carbonyl (C=O) groups is 1. The molecule has 0 bridgehead atoms. The van der Waals surface area contributed by atoms with Crippen molar-refractivity contribution in [3.63, 3.8) is 0 Å². The minimum absolute atomic E-state index is 0.220. The highest BCUT2D eigenvalue weighted by Gasteiger charge is 2.29. The molecule has 5 aromatic rings. The summed E-state index contributed by atoms with van der Waals surface area (Å²) in [4.78, 5) is 17.3. The molecule has 1 unspecified atom stereocenters. The first-order valence-corrected chi connectivity index (χ1v) is 14.6. The van der Waals surface area contributed by atoms with Gasteiger partial charge in [0.1, 0.15) is 11.6 Å². The standard InChI is InChI=1S/C36H36FN3O3/c1-21(2)22(3)29-17-30-23(16-34(29)43-4)12-13-40-33(30)18-31(35(40)24-8-7-9-26(37)14-24)36(42)39-27(20-41)15-25-19-38-32-11-6-5-10-28(25)32/h5-11,14,16-19,27,38,41H,12-13,15,20H2,1-4H3,(H,39,42). The van der Waals surface area contributed by atoms with Crippen LogP contribution in [0.2, 0.25) is 0 Å². The van der Waals surface area contributed by atoms with E-state index in [-0.39, 0.29) is 18.3 Å². The Bertz CT molecular complexity index is 1880. The van der Waals surface area contributed by atoms with E-state index in [0.717, 1.165) is 56.6 Å². The zero-order valence-electron chi connectivity index (χ0n) is 24.9. The first-order chi connectivity index (χ1) is 20.8. The summed E-state index contributed by atoms with van der Waals surface area (Å²) < 4.78 is 22.4. The quantitative estimate of drug-likeness (QED) is 0.183. The number of carbonyl (C=O) groups excluding carboxylic acids is 1. The Hall–Kier alpha value is -4.62. The summed E-state index contributed by atoms with van der Waals surface area (Å²) in [7, 11) is 1.69. The third-order valence-electron chi connectivity index (χ3n) is 8.60. The van der Waals surface area contributed by atoms with E-state index in [1.165, 1.54) is 17.7 Å². The number of nitrogens with one attached hydrogen (secondary N) is 2. The molecule has 1 aliphatic rings. The van der Waals surface area contributed by atoms with Crippen LogP contribution >= 0.6 is 0 Å². The zero-order valence-corrected chi connectivity index (χ0v) is 24.9. The summed E-state index contributed by atoms with van der Waals surface area (Å²) in [6.07, 6.45) is 3.12. The van der Waals surface area contributed by atoms with Gasteiger partial charge in [-0.1, -0.05) is 35.9 Å². The number of amides is 1. The number of aliphatic hydroxyl groups is 1. The van der Waals surface area contributed by atoms with Crippen molar-refractivity contribution >= 4 is 22.4 Å². The zero-order chi connectivity index (χ0) is 30.2. The SMILES string of the molecule is COc1cc2c(cc1C(C)=C(C)C)-c1cc(C(=O)NC(CO)Cc3c[nH]c4ccccc34)c(-c3cccc(F)c3)n1CC2. The van der Waals surface area contributed by atoms with Crippen LogP contribution in [0, 0.1) is 5.82 Å². The van der Waals surface area contributed by atoms with Crippen molar-refractivity contribution in [2.45, 2.75) is 46.2 Å². The number of aryl methyl sites for hydroxylation is 1. The van der Waals surface area contributed by atoms with Gasteiger partial charge in [-0.25, -0.2) is 4.39 Å². The van der Waals surface area contributed by atoms with Crippen molar-refractivity contribution in [3.05, 3.63) is 107 Å². The number of aromatic nitrogens is 2. The lowest BCUT2D eigenvalue weighted by Gasteiger charge is -2.24. The van der Waals surface area contributed by atoms with E-state index < -0.39 is 6.04 Å². The average Bonchev–Trinajstić information content (AvgIpc) is 3.61. The molecule has 43 heavy (non-hydrogen) atoms. The molecular weight excluding hydrogens is 541 g/mol. The lowest BCUT2D eigenvalue weighted by Crippen LogP contribution is -2.39. The predicted molar refractivity (Wildman–Crippen MR) is 170 cm³/mol. The normalized spacial score (nSPS) is 12.9. The van der Waals surface area contributed by atoms with Gasteiger partial charge in [0.05, 0.1) is 31.0 Å². The van der Waals surface area contributed by atoms with Gasteiger partial charge in [-0.2, -0.15) is 0 Å². The molecule has 7 heteroatoms. The number of hydrogen-bond donors (Lipinski definition) is 3. The second-order valence-electron chi connectivity index (χ2n) is 11.5. The van der Waals surface area contributed by atoms with Crippen LogP contribution in [0.4, 0.5) is 4.39 Å². The summed E-state index contributed by atoms with van der Waals surface area (Å²) in [6.45, 7) is 6.65. The molecule has 1 aliphatic heterocycles. The van der Waals surface area contributed by atoms with Crippen LogP contribution in [-0.2, 0) is 19.4 Å². The number of rotatable bonds is 8. The lowest BCUT2D eigenvalue weighted by atomic mass is 9.92. The molecule has 1 amide bonds. The number of aromatic amines is 1. The molecule has 3 N–H and O–H groups in total. The molecule has 0 saturated carbocycles. The average molecular weight is 578 g/mol. The van der Waals surface area contributed by atoms with E-state index in [0.29, 0.717) is 29.8 Å². The molecule has 0 saturated heterocycles. The highest BCUT2D eigenvalue weighted by atomic mass is 19.1. The molecule has 220 valence electrons. The number of ether oxygens (including phenoxy) is 1. The number of halogens is 1. The third-order valence-corrected chi connectivity index (χ3v) is 8.60. The van der Waals surface area contributed by atoms with Crippen LogP contribution in [0.25, 0.3) is 39.0 Å². The second-order valence-corrected chi connectivity index (χ2v) is 11.5. The summed E-state index contributed by atoms with van der Waals surface area (Å²) in [5.74, 6) is 0.147. The highest BCUT2D eigenvalue weighted by Crippen LogP contribution is 2.42. The molecule has 0 radical (unpaired) electrons. The van der Waals surface area contributed by atoms with Gasteiger partial charge in [-0.05, 0) is 86.7 Å². The summed E-state index contributed by atoms with van der Waals surface area (Å²) in [5.41, 5.74) is 10.2. The fourth-order valence-electron chi connectivity index (χ4n) is 6.15. The van der Waals surface area contributed by atoms with Gasteiger partial charge in [-0.3, -0.25) is 4.79 Å². The Morgan fingerprint density at radius 3 is 2.63 bits per heavy atom. The van der Waals surface area contributed by atoms with Crippen molar-refractivity contribution in [2.75, 3.05) is 13.7 Å². The summed E-state index contributed by atoms with van der Waals surface area (Å²) >= 11 is 0. The molecule has 6 rings (SSSR count). The lowest BCUT2D eigenvalue weighted by molar-refractivity contribution is 0.0917. The number of benzene rings is 3. The van der Waals surface area contributed by atoms with E-state index in [1.807, 2.05) is 42.6 Å². The molecule has 3 aromatic carbocycles. The Morgan fingerprint density at radius 1 is 1.07 bits per heavy atom. The molecular formula is C36H36FN3O3. The Labute approximate surface area is 250 Å². The fourth-order valence-corrected chi connectivity index (χ4v) is 6.15. The van der Waals surface area contributed by atoms with Gasteiger partial charge in [0, 0.05) is 46.0 Å². The predicted octanol–water partition coefficient (Wildman–Crippen LogP) is 7.15. The van der Waals surface area contributed by atoms with E-state index in [2.05, 4.69) is 47.8 Å². The smallest absolute Gasteiger partial charge is 0.253 e. The van der Waals surface area contributed by atoms with Crippen molar-refractivity contribution in [3.8, 4) is 28.3 Å². The maximum Gasteiger partial charge on any atom is 0.253 e. The minimum atomic E-state index is -0.507. The number of H-pyrrole nitrogens is 1. The maximum absolute atomic E-state index is 14.5. The minimum Gasteiger partial charge on any atom is -0.496 e. The van der Waals surface area contributed by atoms with E-state index in [9.17, 15) is 14.3 Å². The largest absolute Gasteiger partial charge is 0.496 e. The number of hydrogen-bond acceptors (Lipinski definition) is 3. The Kier molecular flexibility index (Phi) is 7.67. The number of para-hydroxylation sites is 1. The van der Waals surface area contributed by atoms with Crippen molar-refractivity contribution < 1.29 is 19.0 Å². The summed E-state index contributed by atoms with van der Waals surface area (Å²) in [5, 5.41) is 14.4. The first-order valence-electron chi connectivity index (χ1n) is 14.6. The Morgan fingerprint density at radius 2 is 1.88 bits per heavy atom. The topological polar surface area (TPSA) is 79.3 Å². The number of fused-ring (bicyclic) bond motifs is 4. The molecule has 1 atom stereocenters. The van der Waals surface area contributed by atoms with Gasteiger partial charge in [-0.15, -0.1) is 0 Å². The molecule has 0 spiro atoms. The number of allylic oxidation sites excluding steroid dienone is 2. The van der Waals surface area contributed by atoms with Crippen molar-refractivity contribution in [1.82, 2.24) is 14.9 Å². The fraction of sp³-hybridized carbons (Fsp3) is 0.250. The Balaban J connectivity index is 1.44. The summed E-state index contributed by atoms with van der Waals surface area (Å²) in [6, 6.07) is 20.0. The number of nitrogens with zero attached hydrogens (tertiary/aromatic N) is 1. The van der Waals surface area contributed by atoms with Gasteiger partial charge in [0.15, 0.2) is 0 Å². The monoisotopic (exact) mass is 577 g/mol. The van der Waals surface area contributed by atoms with E-state index in [1.54, 1.807) is 13.2 Å². The molecule has 3 heterocycles. The van der Waals surface area contributed by atoms with Crippen LogP contribution in [0.1, 0.15) is 47.8 Å². The van der Waals surface area contributed by atoms with E-state index >= 15 is 0 Å². The van der Waals surface area contributed by atoms with Crippen LogP contribution < -0.4 is 10.1 Å². The molecule has 0 fully saturated rings. The van der Waals surface area contributed by atoms with Gasteiger partial charge in [0.2, 0.25) is 0 Å². The molecule has 0 aliphatic carbocycles. The van der Waals surface area contributed by atoms with Crippen LogP contribution in [0.5, 0.6) is 5.75 Å². The van der Waals surface area contributed by atoms with Crippen LogP contribution in [-0.4, -0.2) is 40.3 Å². The van der Waals surface area contributed by atoms with Crippen molar-refractivity contribution in [1.29, 1.82) is 0 Å². The van der Waals surface area contributed by atoms with Gasteiger partial charge in [0.25, 0.3) is 5.91 Å². The third kappa shape index (κ3) is 5.25. The molecule has 6 nitrogen and oxygen atoms in total. The van der Waals surface area contributed by atoms with Crippen LogP contribution in [0.15, 0.2) is 78.5 Å². The van der Waals surface area contributed by atoms with E-state index in [4.69, 9.17) is 4.74 Å². The van der Waals surface area contributed by atoms with Crippen molar-refractivity contribution in [2.24, 2.45) is 0 Å². The number of aliphatic hydroxyl groups excluding tert-OH is 1. The highest BCUT2D eigenvalue weighted by molar-refractivity contribution is 6.02. The van der Waals surface area contributed by atoms with Gasteiger partial charge < -0.3 is 24.7 Å².